The van der Waals surface area contributed by atoms with Gasteiger partial charge in [0.15, 0.2) is 0 Å². The minimum atomic E-state index is 1.12. The van der Waals surface area contributed by atoms with Gasteiger partial charge in [-0.3, -0.25) is 0 Å². The highest BCUT2D eigenvalue weighted by Crippen LogP contribution is 2.39. The molecule has 66 heavy (non-hydrogen) atoms. The van der Waals surface area contributed by atoms with E-state index in [4.69, 9.17) is 0 Å². The van der Waals surface area contributed by atoms with E-state index in [2.05, 4.69) is 253 Å². The van der Waals surface area contributed by atoms with E-state index >= 15 is 0 Å². The molecule has 0 aliphatic heterocycles. The monoisotopic (exact) mass is 840 g/mol. The van der Waals surface area contributed by atoms with E-state index in [1.807, 2.05) is 12.2 Å². The molecule has 0 bridgehead atoms. The van der Waals surface area contributed by atoms with E-state index in [0.717, 1.165) is 33.6 Å². The van der Waals surface area contributed by atoms with E-state index in [-0.39, 0.29) is 0 Å². The van der Waals surface area contributed by atoms with Crippen molar-refractivity contribution in [1.29, 1.82) is 0 Å². The third-order valence-electron chi connectivity index (χ3n) is 13.2. The maximum absolute atomic E-state index is 3.98. The third-order valence-corrected chi connectivity index (χ3v) is 13.2. The predicted octanol–water partition coefficient (Wildman–Crippen LogP) is 17.5. The Balaban J connectivity index is 0.916. The van der Waals surface area contributed by atoms with Gasteiger partial charge in [-0.2, -0.15) is 0 Å². The van der Waals surface area contributed by atoms with Crippen molar-refractivity contribution in [3.8, 4) is 67.0 Å². The van der Waals surface area contributed by atoms with Crippen LogP contribution in [0.2, 0.25) is 0 Å². The molecule has 0 amide bonds. The standard InChI is InChI=1S/C64H44N2/c1-3-43-15-9-17-45(35-43)47-19-11-21-49(37-47)53-31-33-63-59(41-53)57-27-5-7-29-61(57)65(63)55-25-13-23-51(39-55)52-24-14-26-56(40-52)66-62-30-8-6-28-58(62)60-42-54(32-34-64(60)66)50-22-12-20-48(38-50)46-18-10-16-44(4-2)36-46/h3-42H,1-2H2. The van der Waals surface area contributed by atoms with Gasteiger partial charge in [0, 0.05) is 32.9 Å². The van der Waals surface area contributed by atoms with Crippen molar-refractivity contribution in [2.45, 2.75) is 0 Å². The van der Waals surface area contributed by atoms with Gasteiger partial charge in [0.1, 0.15) is 0 Å². The van der Waals surface area contributed by atoms with Crippen molar-refractivity contribution in [2.24, 2.45) is 0 Å². The van der Waals surface area contributed by atoms with Gasteiger partial charge in [-0.25, -0.2) is 0 Å². The SMILES string of the molecule is C=Cc1cccc(-c2cccc(-c3ccc4c(c3)c3ccccc3n4-c3cccc(-c4cccc(-n5c6ccccc6c6cc(-c7cccc(-c8cccc(C=C)c8)c7)ccc65)c4)c3)c2)c1. The van der Waals surface area contributed by atoms with Crippen LogP contribution in [0.15, 0.2) is 244 Å². The molecule has 0 atom stereocenters. The van der Waals surface area contributed by atoms with Crippen molar-refractivity contribution < 1.29 is 0 Å². The van der Waals surface area contributed by atoms with E-state index in [1.54, 1.807) is 0 Å². The zero-order chi connectivity index (χ0) is 44.1. The first-order valence-corrected chi connectivity index (χ1v) is 22.5. The number of para-hydroxylation sites is 2. The molecule has 0 N–H and O–H groups in total. The van der Waals surface area contributed by atoms with Crippen LogP contribution >= 0.6 is 0 Å². The molecule has 0 unspecified atom stereocenters. The van der Waals surface area contributed by atoms with Crippen LogP contribution in [-0.2, 0) is 0 Å². The first-order valence-electron chi connectivity index (χ1n) is 22.5. The number of rotatable bonds is 9. The van der Waals surface area contributed by atoms with Crippen molar-refractivity contribution in [2.75, 3.05) is 0 Å². The molecule has 0 aliphatic rings. The Kier molecular flexibility index (Phi) is 9.51. The molecule has 2 heteroatoms. The van der Waals surface area contributed by atoms with E-state index in [0.29, 0.717) is 0 Å². The van der Waals surface area contributed by atoms with E-state index in [9.17, 15) is 0 Å². The Morgan fingerprint density at radius 2 is 0.561 bits per heavy atom. The lowest BCUT2D eigenvalue weighted by Crippen LogP contribution is -1.96. The van der Waals surface area contributed by atoms with Crippen molar-refractivity contribution >= 4 is 55.8 Å². The van der Waals surface area contributed by atoms with Crippen LogP contribution in [-0.4, -0.2) is 9.13 Å². The summed E-state index contributed by atoms with van der Waals surface area (Å²) < 4.78 is 4.83. The highest BCUT2D eigenvalue weighted by atomic mass is 15.0. The van der Waals surface area contributed by atoms with E-state index < -0.39 is 0 Å². The molecule has 0 radical (unpaired) electrons. The molecule has 2 nitrogen and oxygen atoms in total. The summed E-state index contributed by atoms with van der Waals surface area (Å²) in [4.78, 5) is 0. The van der Waals surface area contributed by atoms with Crippen molar-refractivity contribution in [1.82, 2.24) is 9.13 Å². The number of aromatic nitrogens is 2. The lowest BCUT2D eigenvalue weighted by molar-refractivity contribution is 1.17. The predicted molar refractivity (Wildman–Crippen MR) is 282 cm³/mol. The second-order valence-electron chi connectivity index (χ2n) is 17.1. The average Bonchev–Trinajstić information content (AvgIpc) is 3.91. The molecule has 0 aliphatic carbocycles. The van der Waals surface area contributed by atoms with Gasteiger partial charge < -0.3 is 9.13 Å². The highest BCUT2D eigenvalue weighted by molar-refractivity contribution is 6.12. The van der Waals surface area contributed by atoms with Crippen LogP contribution in [0, 0.1) is 0 Å². The molecule has 0 saturated heterocycles. The summed E-state index contributed by atoms with van der Waals surface area (Å²) in [5.41, 5.74) is 21.1. The fraction of sp³-hybridized carbons (Fsp3) is 0. The van der Waals surface area contributed by atoms with Crippen LogP contribution in [0.4, 0.5) is 0 Å². The minimum Gasteiger partial charge on any atom is -0.309 e. The topological polar surface area (TPSA) is 9.86 Å². The number of fused-ring (bicyclic) bond motifs is 6. The quantitative estimate of drug-likeness (QED) is 0.137. The Bertz CT molecular complexity index is 3620. The molecule has 12 aromatic rings. The molecule has 10 aromatic carbocycles. The van der Waals surface area contributed by atoms with Crippen molar-refractivity contribution in [3.63, 3.8) is 0 Å². The molecule has 12 rings (SSSR count). The summed E-state index contributed by atoms with van der Waals surface area (Å²) in [7, 11) is 0. The van der Waals surface area contributed by atoms with Gasteiger partial charge in [-0.1, -0.05) is 171 Å². The zero-order valence-corrected chi connectivity index (χ0v) is 36.4. The summed E-state index contributed by atoms with van der Waals surface area (Å²) in [6.45, 7) is 7.95. The fourth-order valence-corrected chi connectivity index (χ4v) is 9.96. The normalized spacial score (nSPS) is 11.5. The molecule has 0 spiro atoms. The summed E-state index contributed by atoms with van der Waals surface area (Å²) in [6.07, 6.45) is 3.80. The molecule has 2 aromatic heterocycles. The highest BCUT2D eigenvalue weighted by Gasteiger charge is 2.17. The lowest BCUT2D eigenvalue weighted by atomic mass is 9.97. The Hall–Kier alpha value is -8.72. The van der Waals surface area contributed by atoms with Gasteiger partial charge in [0.05, 0.1) is 22.1 Å². The second kappa shape index (κ2) is 16.1. The minimum absolute atomic E-state index is 1.12. The van der Waals surface area contributed by atoms with Crippen LogP contribution in [0.3, 0.4) is 0 Å². The van der Waals surface area contributed by atoms with Gasteiger partial charge in [0.2, 0.25) is 0 Å². The summed E-state index contributed by atoms with van der Waals surface area (Å²) in [6, 6.07) is 84.1. The fourth-order valence-electron chi connectivity index (χ4n) is 9.96. The lowest BCUT2D eigenvalue weighted by Gasteiger charge is -2.13. The Labute approximate surface area is 384 Å². The van der Waals surface area contributed by atoms with Gasteiger partial charge >= 0.3 is 0 Å². The maximum atomic E-state index is 3.98. The molecular formula is C64H44N2. The smallest absolute Gasteiger partial charge is 0.0541 e. The van der Waals surface area contributed by atoms with Gasteiger partial charge in [-0.05, 0) is 152 Å². The molecule has 0 fully saturated rings. The average molecular weight is 841 g/mol. The number of nitrogens with zero attached hydrogens (tertiary/aromatic N) is 2. The maximum Gasteiger partial charge on any atom is 0.0541 e. The first-order chi connectivity index (χ1) is 32.6. The van der Waals surface area contributed by atoms with Crippen LogP contribution in [0.25, 0.3) is 123 Å². The second-order valence-corrected chi connectivity index (χ2v) is 17.1. The van der Waals surface area contributed by atoms with E-state index in [1.165, 1.54) is 88.1 Å². The summed E-state index contributed by atoms with van der Waals surface area (Å²) in [5, 5.41) is 4.93. The van der Waals surface area contributed by atoms with Gasteiger partial charge in [0.25, 0.3) is 0 Å². The van der Waals surface area contributed by atoms with Crippen LogP contribution in [0.5, 0.6) is 0 Å². The molecule has 2 heterocycles. The molecular weight excluding hydrogens is 797 g/mol. The number of hydrogen-bond acceptors (Lipinski definition) is 0. The summed E-state index contributed by atoms with van der Waals surface area (Å²) in [5.74, 6) is 0. The van der Waals surface area contributed by atoms with Gasteiger partial charge in [-0.15, -0.1) is 0 Å². The number of hydrogen-bond donors (Lipinski definition) is 0. The third kappa shape index (κ3) is 6.75. The number of benzene rings is 10. The summed E-state index contributed by atoms with van der Waals surface area (Å²) >= 11 is 0. The van der Waals surface area contributed by atoms with Crippen LogP contribution < -0.4 is 0 Å². The Morgan fingerprint density at radius 1 is 0.242 bits per heavy atom. The molecule has 310 valence electrons. The molecule has 0 saturated carbocycles. The largest absolute Gasteiger partial charge is 0.309 e. The van der Waals surface area contributed by atoms with Crippen LogP contribution in [0.1, 0.15) is 11.1 Å². The van der Waals surface area contributed by atoms with Crippen molar-refractivity contribution in [3.05, 3.63) is 255 Å². The Morgan fingerprint density at radius 3 is 0.970 bits per heavy atom. The first kappa shape index (κ1) is 38.9. The zero-order valence-electron chi connectivity index (χ0n) is 36.4.